The van der Waals surface area contributed by atoms with Crippen molar-refractivity contribution in [2.24, 2.45) is 0 Å². The van der Waals surface area contributed by atoms with E-state index in [0.717, 1.165) is 13.8 Å². The van der Waals surface area contributed by atoms with Crippen LogP contribution in [0.15, 0.2) is 12.2 Å². The van der Waals surface area contributed by atoms with Crippen LogP contribution in [0.3, 0.4) is 0 Å². The first-order chi connectivity index (χ1) is 11.9. The zero-order valence-electron chi connectivity index (χ0n) is 15.2. The fraction of sp³-hybridized carbons (Fsp3) is 0.688. The molecule has 0 N–H and O–H groups in total. The molecule has 0 saturated carbocycles. The van der Waals surface area contributed by atoms with Crippen LogP contribution in [0, 0.1) is 0 Å². The lowest BCUT2D eigenvalue weighted by Gasteiger charge is -2.39. The van der Waals surface area contributed by atoms with Crippen molar-refractivity contribution in [3.05, 3.63) is 12.2 Å². The highest BCUT2D eigenvalue weighted by Crippen LogP contribution is 2.29. The lowest BCUT2D eigenvalue weighted by molar-refractivity contribution is -0.205. The number of rotatable bonds is 7. The number of esters is 3. The zero-order valence-corrected chi connectivity index (χ0v) is 16.0. The third-order valence-electron chi connectivity index (χ3n) is 3.40. The molecular formula is C16H24O9S. The molecule has 0 aromatic heterocycles. The molecule has 1 heterocycles. The van der Waals surface area contributed by atoms with Gasteiger partial charge in [0.25, 0.3) is 0 Å². The maximum Gasteiger partial charge on any atom is 0.303 e. The van der Waals surface area contributed by atoms with Crippen LogP contribution in [-0.4, -0.2) is 62.4 Å². The van der Waals surface area contributed by atoms with Crippen molar-refractivity contribution >= 4 is 27.7 Å². The molecule has 1 aliphatic rings. The minimum Gasteiger partial charge on any atom is -0.463 e. The van der Waals surface area contributed by atoms with Gasteiger partial charge in [-0.2, -0.15) is 0 Å². The summed E-state index contributed by atoms with van der Waals surface area (Å²) in [5.74, 6) is -2.28. The fourth-order valence-corrected chi connectivity index (χ4v) is 4.23. The van der Waals surface area contributed by atoms with Gasteiger partial charge >= 0.3 is 17.9 Å². The van der Waals surface area contributed by atoms with Crippen LogP contribution in [0.1, 0.15) is 34.1 Å². The highest BCUT2D eigenvalue weighted by atomic mass is 32.2. The van der Waals surface area contributed by atoms with Crippen LogP contribution >= 0.6 is 0 Å². The van der Waals surface area contributed by atoms with Gasteiger partial charge in [0.1, 0.15) is 18.8 Å². The minimum atomic E-state index is -3.77. The molecular weight excluding hydrogens is 368 g/mol. The van der Waals surface area contributed by atoms with Crippen LogP contribution < -0.4 is 0 Å². The SMILES string of the molecule is C=C(C)CS(=O)(=O)[C@@H]1C[C@@H](OC(C)=O)[C@H](OC(C)=O)[C@@H](COC(C)=O)O1. The molecule has 9 nitrogen and oxygen atoms in total. The lowest BCUT2D eigenvalue weighted by Crippen LogP contribution is -2.55. The van der Waals surface area contributed by atoms with Gasteiger partial charge in [0.05, 0.1) is 5.75 Å². The third kappa shape index (κ3) is 6.75. The van der Waals surface area contributed by atoms with Crippen molar-refractivity contribution in [3.8, 4) is 0 Å². The Bertz CT molecular complexity index is 667. The predicted octanol–water partition coefficient (Wildman–Crippen LogP) is 0.519. The van der Waals surface area contributed by atoms with Crippen molar-refractivity contribution < 1.29 is 41.7 Å². The summed E-state index contributed by atoms with van der Waals surface area (Å²) in [6.07, 6.45) is -3.49. The molecule has 0 aromatic carbocycles. The Hall–Kier alpha value is -1.94. The van der Waals surface area contributed by atoms with E-state index in [9.17, 15) is 22.8 Å². The molecule has 1 aliphatic heterocycles. The van der Waals surface area contributed by atoms with E-state index in [-0.39, 0.29) is 18.8 Å². The van der Waals surface area contributed by atoms with E-state index in [1.807, 2.05) is 0 Å². The average Bonchev–Trinajstić information content (AvgIpc) is 2.44. The van der Waals surface area contributed by atoms with Crippen molar-refractivity contribution in [3.63, 3.8) is 0 Å². The van der Waals surface area contributed by atoms with Gasteiger partial charge in [-0.15, -0.1) is 0 Å². The number of carbonyl (C=O) groups excluding carboxylic acids is 3. The lowest BCUT2D eigenvalue weighted by atomic mass is 10.0. The van der Waals surface area contributed by atoms with E-state index in [0.29, 0.717) is 5.57 Å². The number of sulfone groups is 1. The molecule has 0 unspecified atom stereocenters. The predicted molar refractivity (Wildman–Crippen MR) is 89.6 cm³/mol. The second-order valence-electron chi connectivity index (χ2n) is 6.13. The van der Waals surface area contributed by atoms with Crippen LogP contribution in [-0.2, 0) is 43.2 Å². The normalized spacial score (nSPS) is 25.8. The maximum atomic E-state index is 12.5. The molecule has 0 spiro atoms. The Morgan fingerprint density at radius 1 is 1.04 bits per heavy atom. The van der Waals surface area contributed by atoms with Crippen molar-refractivity contribution in [2.75, 3.05) is 12.4 Å². The van der Waals surface area contributed by atoms with Gasteiger partial charge in [-0.05, 0) is 6.92 Å². The highest BCUT2D eigenvalue weighted by Gasteiger charge is 2.47. The summed E-state index contributed by atoms with van der Waals surface area (Å²) >= 11 is 0. The molecule has 148 valence electrons. The highest BCUT2D eigenvalue weighted by molar-refractivity contribution is 7.92. The van der Waals surface area contributed by atoms with Crippen LogP contribution in [0.2, 0.25) is 0 Å². The van der Waals surface area contributed by atoms with Crippen molar-refractivity contribution in [1.82, 2.24) is 0 Å². The van der Waals surface area contributed by atoms with Crippen molar-refractivity contribution in [2.45, 2.75) is 57.9 Å². The summed E-state index contributed by atoms with van der Waals surface area (Å²) < 4.78 is 45.7. The van der Waals surface area contributed by atoms with E-state index in [1.165, 1.54) is 6.92 Å². The summed E-state index contributed by atoms with van der Waals surface area (Å²) in [4.78, 5) is 33.9. The Morgan fingerprint density at radius 2 is 1.62 bits per heavy atom. The number of hydrogen-bond donors (Lipinski definition) is 0. The summed E-state index contributed by atoms with van der Waals surface area (Å²) in [6, 6.07) is 0. The fourth-order valence-electron chi connectivity index (χ4n) is 2.56. The quantitative estimate of drug-likeness (QED) is 0.346. The van der Waals surface area contributed by atoms with E-state index < -0.39 is 51.5 Å². The van der Waals surface area contributed by atoms with Crippen molar-refractivity contribution in [1.29, 1.82) is 0 Å². The molecule has 0 radical (unpaired) electrons. The monoisotopic (exact) mass is 392 g/mol. The average molecular weight is 392 g/mol. The largest absolute Gasteiger partial charge is 0.463 e. The van der Waals surface area contributed by atoms with E-state index in [1.54, 1.807) is 6.92 Å². The summed E-state index contributed by atoms with van der Waals surface area (Å²) in [7, 11) is -3.77. The minimum absolute atomic E-state index is 0.219. The first kappa shape index (κ1) is 22.1. The zero-order chi connectivity index (χ0) is 20.1. The van der Waals surface area contributed by atoms with E-state index >= 15 is 0 Å². The van der Waals surface area contributed by atoms with Gasteiger partial charge in [-0.25, -0.2) is 8.42 Å². The third-order valence-corrected chi connectivity index (χ3v) is 5.40. The van der Waals surface area contributed by atoms with E-state index in [2.05, 4.69) is 6.58 Å². The Balaban J connectivity index is 3.16. The van der Waals surface area contributed by atoms with Gasteiger partial charge in [-0.3, -0.25) is 14.4 Å². The van der Waals surface area contributed by atoms with Gasteiger partial charge in [0.2, 0.25) is 0 Å². The number of hydrogen-bond acceptors (Lipinski definition) is 9. The van der Waals surface area contributed by atoms with Gasteiger partial charge in [0.15, 0.2) is 21.4 Å². The second kappa shape index (κ2) is 9.13. The molecule has 10 heteroatoms. The molecule has 1 saturated heterocycles. The van der Waals surface area contributed by atoms with Gasteiger partial charge in [-0.1, -0.05) is 12.2 Å². The Morgan fingerprint density at radius 3 is 2.08 bits per heavy atom. The van der Waals surface area contributed by atoms with E-state index in [4.69, 9.17) is 18.9 Å². The maximum absolute atomic E-state index is 12.5. The summed E-state index contributed by atoms with van der Waals surface area (Å²) in [5, 5.41) is 0. The molecule has 0 aliphatic carbocycles. The second-order valence-corrected chi connectivity index (χ2v) is 8.27. The summed E-state index contributed by atoms with van der Waals surface area (Å²) in [6.45, 7) is 8.25. The molecule has 26 heavy (non-hydrogen) atoms. The number of ether oxygens (including phenoxy) is 4. The smallest absolute Gasteiger partial charge is 0.303 e. The molecule has 1 rings (SSSR count). The molecule has 1 fully saturated rings. The van der Waals surface area contributed by atoms with Gasteiger partial charge < -0.3 is 18.9 Å². The standard InChI is InChI=1S/C16H24O9S/c1-9(2)8-26(20,21)15-6-13(23-11(4)18)16(24-12(5)19)14(25-15)7-22-10(3)17/h13-16H,1,6-8H2,2-5H3/t13-,14-,15-,16+/m1/s1. The van der Waals surface area contributed by atoms with Gasteiger partial charge in [0, 0.05) is 27.2 Å². The Kier molecular flexibility index (Phi) is 7.76. The van der Waals surface area contributed by atoms with Crippen LogP contribution in [0.4, 0.5) is 0 Å². The van der Waals surface area contributed by atoms with Crippen LogP contribution in [0.5, 0.6) is 0 Å². The Labute approximate surface area is 152 Å². The first-order valence-corrected chi connectivity index (χ1v) is 9.63. The first-order valence-electron chi connectivity index (χ1n) is 7.91. The topological polar surface area (TPSA) is 122 Å². The molecule has 4 atom stereocenters. The van der Waals surface area contributed by atoms with Crippen LogP contribution in [0.25, 0.3) is 0 Å². The molecule has 0 amide bonds. The summed E-state index contributed by atoms with van der Waals surface area (Å²) in [5.41, 5.74) is -0.910. The molecule has 0 bridgehead atoms. The number of carbonyl (C=O) groups is 3. The molecule has 0 aromatic rings.